The van der Waals surface area contributed by atoms with Crippen LogP contribution in [0.4, 0.5) is 5.69 Å². The van der Waals surface area contributed by atoms with Crippen molar-refractivity contribution in [3.8, 4) is 5.75 Å². The van der Waals surface area contributed by atoms with E-state index in [1.165, 1.54) is 19.4 Å². The molecule has 0 aromatic heterocycles. The van der Waals surface area contributed by atoms with Gasteiger partial charge in [0.05, 0.1) is 5.69 Å². The molecule has 2 fully saturated rings. The number of fused-ring (bicyclic) bond motifs is 2. The fourth-order valence-electron chi connectivity index (χ4n) is 3.57. The predicted octanol–water partition coefficient (Wildman–Crippen LogP) is 0.938. The Bertz CT molecular complexity index is 631. The molecule has 0 radical (unpaired) electrons. The highest BCUT2D eigenvalue weighted by molar-refractivity contribution is 5.99. The van der Waals surface area contributed by atoms with E-state index in [4.69, 9.17) is 4.74 Å². The van der Waals surface area contributed by atoms with Crippen LogP contribution in [0.2, 0.25) is 0 Å². The molecule has 0 bridgehead atoms. The van der Waals surface area contributed by atoms with Crippen LogP contribution in [0.15, 0.2) is 18.2 Å². The highest BCUT2D eigenvalue weighted by Crippen LogP contribution is 2.29. The molecule has 0 aliphatic carbocycles. The summed E-state index contributed by atoms with van der Waals surface area (Å²) in [4.78, 5) is 28.4. The Kier molecular flexibility index (Phi) is 3.26. The summed E-state index contributed by atoms with van der Waals surface area (Å²) in [6, 6.07) is 5.76. The van der Waals surface area contributed by atoms with Gasteiger partial charge in [-0.15, -0.1) is 0 Å². The summed E-state index contributed by atoms with van der Waals surface area (Å²) < 4.78 is 5.39. The van der Waals surface area contributed by atoms with Gasteiger partial charge in [0.15, 0.2) is 6.61 Å². The Morgan fingerprint density at radius 3 is 3.09 bits per heavy atom. The van der Waals surface area contributed by atoms with E-state index in [0.29, 0.717) is 23.0 Å². The number of piperazine rings is 1. The van der Waals surface area contributed by atoms with Crippen molar-refractivity contribution in [1.29, 1.82) is 0 Å². The zero-order valence-corrected chi connectivity index (χ0v) is 12.4. The molecule has 116 valence electrons. The Balaban J connectivity index is 1.52. The minimum Gasteiger partial charge on any atom is -0.482 e. The molecule has 0 spiro atoms. The summed E-state index contributed by atoms with van der Waals surface area (Å²) in [7, 11) is 0. The van der Waals surface area contributed by atoms with Crippen LogP contribution in [0, 0.1) is 0 Å². The van der Waals surface area contributed by atoms with Crippen LogP contribution in [0.5, 0.6) is 5.75 Å². The van der Waals surface area contributed by atoms with Crippen molar-refractivity contribution < 1.29 is 14.3 Å². The van der Waals surface area contributed by atoms with Gasteiger partial charge in [-0.05, 0) is 37.6 Å². The standard InChI is InChI=1S/C16H19N3O3/c20-15-10-22-14-8-11(3-4-13(14)17-15)16(21)19-7-6-18-5-1-2-12(18)9-19/h3-4,8,12H,1-2,5-7,9-10H2,(H,17,20). The molecule has 1 N–H and O–H groups in total. The van der Waals surface area contributed by atoms with Crippen molar-refractivity contribution in [2.75, 3.05) is 38.1 Å². The van der Waals surface area contributed by atoms with Crippen LogP contribution in [0.25, 0.3) is 0 Å². The molecule has 1 unspecified atom stereocenters. The van der Waals surface area contributed by atoms with Gasteiger partial charge in [0.1, 0.15) is 5.75 Å². The van der Waals surface area contributed by atoms with Gasteiger partial charge in [0, 0.05) is 31.2 Å². The number of amides is 2. The van der Waals surface area contributed by atoms with E-state index >= 15 is 0 Å². The Labute approximate surface area is 129 Å². The van der Waals surface area contributed by atoms with Crippen LogP contribution >= 0.6 is 0 Å². The minimum absolute atomic E-state index is 0.00535. The van der Waals surface area contributed by atoms with Crippen molar-refractivity contribution >= 4 is 17.5 Å². The molecule has 6 nitrogen and oxygen atoms in total. The summed E-state index contributed by atoms with van der Waals surface area (Å²) in [6.45, 7) is 3.73. The van der Waals surface area contributed by atoms with Crippen LogP contribution in [-0.4, -0.2) is 60.4 Å². The Morgan fingerprint density at radius 2 is 2.18 bits per heavy atom. The van der Waals surface area contributed by atoms with Crippen molar-refractivity contribution in [1.82, 2.24) is 9.80 Å². The lowest BCUT2D eigenvalue weighted by atomic mass is 10.1. The summed E-state index contributed by atoms with van der Waals surface area (Å²) in [6.07, 6.45) is 2.42. The first-order chi connectivity index (χ1) is 10.7. The number of carbonyl (C=O) groups excluding carboxylic acids is 2. The third kappa shape index (κ3) is 2.33. The number of carbonyl (C=O) groups is 2. The summed E-state index contributed by atoms with van der Waals surface area (Å²) in [5, 5.41) is 2.74. The van der Waals surface area contributed by atoms with E-state index in [2.05, 4.69) is 10.2 Å². The van der Waals surface area contributed by atoms with E-state index in [1.54, 1.807) is 18.2 Å². The maximum Gasteiger partial charge on any atom is 0.262 e. The monoisotopic (exact) mass is 301 g/mol. The molecular formula is C16H19N3O3. The van der Waals surface area contributed by atoms with Gasteiger partial charge in [-0.1, -0.05) is 0 Å². The predicted molar refractivity (Wildman–Crippen MR) is 81.1 cm³/mol. The SMILES string of the molecule is O=C1COc2cc(C(=O)N3CCN4CCCC4C3)ccc2N1. The molecule has 0 saturated carbocycles. The third-order valence-electron chi connectivity index (χ3n) is 4.74. The van der Waals surface area contributed by atoms with Gasteiger partial charge in [0.2, 0.25) is 0 Å². The molecule has 1 aromatic rings. The highest BCUT2D eigenvalue weighted by atomic mass is 16.5. The molecular weight excluding hydrogens is 282 g/mol. The van der Waals surface area contributed by atoms with E-state index in [0.717, 1.165) is 19.6 Å². The molecule has 1 atom stereocenters. The molecule has 4 rings (SSSR count). The second kappa shape index (κ2) is 5.28. The number of anilines is 1. The first-order valence-corrected chi connectivity index (χ1v) is 7.81. The van der Waals surface area contributed by atoms with Gasteiger partial charge < -0.3 is 15.0 Å². The second-order valence-electron chi connectivity index (χ2n) is 6.13. The number of hydrogen-bond acceptors (Lipinski definition) is 4. The first-order valence-electron chi connectivity index (χ1n) is 7.81. The maximum absolute atomic E-state index is 12.7. The number of nitrogens with one attached hydrogen (secondary N) is 1. The average Bonchev–Trinajstić information content (AvgIpc) is 3.01. The molecule has 2 saturated heterocycles. The van der Waals surface area contributed by atoms with Crippen LogP contribution in [-0.2, 0) is 4.79 Å². The summed E-state index contributed by atoms with van der Waals surface area (Å²) >= 11 is 0. The van der Waals surface area contributed by atoms with Gasteiger partial charge >= 0.3 is 0 Å². The molecule has 22 heavy (non-hydrogen) atoms. The van der Waals surface area contributed by atoms with Crippen LogP contribution in [0.1, 0.15) is 23.2 Å². The van der Waals surface area contributed by atoms with E-state index in [-0.39, 0.29) is 18.4 Å². The fraction of sp³-hybridized carbons (Fsp3) is 0.500. The number of nitrogens with zero attached hydrogens (tertiary/aromatic N) is 2. The Morgan fingerprint density at radius 1 is 1.27 bits per heavy atom. The number of rotatable bonds is 1. The lowest BCUT2D eigenvalue weighted by Crippen LogP contribution is -2.52. The first kappa shape index (κ1) is 13.6. The summed E-state index contributed by atoms with van der Waals surface area (Å²) in [5.74, 6) is 0.462. The Hall–Kier alpha value is -2.08. The topological polar surface area (TPSA) is 61.9 Å². The van der Waals surface area contributed by atoms with Gasteiger partial charge in [-0.3, -0.25) is 14.5 Å². The third-order valence-corrected chi connectivity index (χ3v) is 4.74. The number of benzene rings is 1. The van der Waals surface area contributed by atoms with E-state index in [1.807, 2.05) is 4.90 Å². The molecule has 1 aromatic carbocycles. The van der Waals surface area contributed by atoms with Crippen molar-refractivity contribution in [2.45, 2.75) is 18.9 Å². The van der Waals surface area contributed by atoms with Gasteiger partial charge in [-0.2, -0.15) is 0 Å². The summed E-state index contributed by atoms with van der Waals surface area (Å²) in [5.41, 5.74) is 1.26. The largest absolute Gasteiger partial charge is 0.482 e. The van der Waals surface area contributed by atoms with Gasteiger partial charge in [0.25, 0.3) is 11.8 Å². The second-order valence-corrected chi connectivity index (χ2v) is 6.13. The smallest absolute Gasteiger partial charge is 0.262 e. The molecule has 2 amide bonds. The zero-order valence-electron chi connectivity index (χ0n) is 12.4. The lowest BCUT2D eigenvalue weighted by molar-refractivity contribution is -0.118. The van der Waals surface area contributed by atoms with Gasteiger partial charge in [-0.25, -0.2) is 0 Å². The minimum atomic E-state index is -0.163. The molecule has 3 aliphatic rings. The number of ether oxygens (including phenoxy) is 1. The van der Waals surface area contributed by atoms with Crippen molar-refractivity contribution in [2.24, 2.45) is 0 Å². The maximum atomic E-state index is 12.7. The van der Waals surface area contributed by atoms with E-state index in [9.17, 15) is 9.59 Å². The zero-order chi connectivity index (χ0) is 15.1. The number of hydrogen-bond donors (Lipinski definition) is 1. The molecule has 3 aliphatic heterocycles. The van der Waals surface area contributed by atoms with Crippen molar-refractivity contribution in [3.05, 3.63) is 23.8 Å². The van der Waals surface area contributed by atoms with E-state index < -0.39 is 0 Å². The molecule has 3 heterocycles. The average molecular weight is 301 g/mol. The fourth-order valence-corrected chi connectivity index (χ4v) is 3.57. The normalized spacial score (nSPS) is 24.3. The van der Waals surface area contributed by atoms with Crippen molar-refractivity contribution in [3.63, 3.8) is 0 Å². The lowest BCUT2D eigenvalue weighted by Gasteiger charge is -2.37. The highest BCUT2D eigenvalue weighted by Gasteiger charge is 2.33. The molecule has 6 heteroatoms. The van der Waals surface area contributed by atoms with Crippen LogP contribution in [0.3, 0.4) is 0 Å². The quantitative estimate of drug-likeness (QED) is 0.838. The van der Waals surface area contributed by atoms with Crippen LogP contribution < -0.4 is 10.1 Å².